The number of nitrogens with zero attached hydrogens (tertiary/aromatic N) is 1. The van der Waals surface area contributed by atoms with Crippen LogP contribution in [-0.4, -0.2) is 66.6 Å². The third kappa shape index (κ3) is 6.19. The second-order valence-corrected chi connectivity index (χ2v) is 6.81. The third-order valence-corrected chi connectivity index (χ3v) is 3.40. The van der Waals surface area contributed by atoms with E-state index in [9.17, 15) is 9.59 Å². The minimum Gasteiger partial charge on any atom is -0.481 e. The van der Waals surface area contributed by atoms with Crippen molar-refractivity contribution in [2.75, 3.05) is 33.4 Å². The highest BCUT2D eigenvalue weighted by Gasteiger charge is 2.47. The summed E-state index contributed by atoms with van der Waals surface area (Å²) in [6.07, 6.45) is 1.43. The number of rotatable bonds is 8. The number of carboxylic acids is 1. The van der Waals surface area contributed by atoms with Gasteiger partial charge < -0.3 is 24.8 Å². The van der Waals surface area contributed by atoms with Gasteiger partial charge in [0.05, 0.1) is 12.0 Å². The Morgan fingerprint density at radius 1 is 1.27 bits per heavy atom. The number of carboxylic acid groups (broad SMARTS) is 1. The molecule has 22 heavy (non-hydrogen) atoms. The molecule has 0 radical (unpaired) electrons. The van der Waals surface area contributed by atoms with Gasteiger partial charge in [0.2, 0.25) is 0 Å². The molecule has 1 heterocycles. The van der Waals surface area contributed by atoms with Gasteiger partial charge in [-0.25, -0.2) is 4.79 Å². The Morgan fingerprint density at radius 2 is 1.91 bits per heavy atom. The van der Waals surface area contributed by atoms with Crippen molar-refractivity contribution < 1.29 is 24.2 Å². The van der Waals surface area contributed by atoms with Gasteiger partial charge in [0.1, 0.15) is 5.60 Å². The van der Waals surface area contributed by atoms with Gasteiger partial charge >= 0.3 is 12.1 Å². The normalized spacial score (nSPS) is 17.0. The van der Waals surface area contributed by atoms with Gasteiger partial charge in [-0.3, -0.25) is 4.79 Å². The number of likely N-dealkylation sites (tertiary alicyclic amines) is 1. The molecule has 7 heteroatoms. The average molecular weight is 316 g/mol. The van der Waals surface area contributed by atoms with Crippen molar-refractivity contribution in [3.05, 3.63) is 0 Å². The average Bonchev–Trinajstić information content (AvgIpc) is 2.31. The van der Waals surface area contributed by atoms with E-state index in [1.54, 1.807) is 7.11 Å². The summed E-state index contributed by atoms with van der Waals surface area (Å²) in [7, 11) is 1.66. The molecule has 0 saturated carbocycles. The fourth-order valence-electron chi connectivity index (χ4n) is 2.44. The summed E-state index contributed by atoms with van der Waals surface area (Å²) < 4.78 is 10.3. The van der Waals surface area contributed by atoms with Gasteiger partial charge in [0.25, 0.3) is 0 Å². The highest BCUT2D eigenvalue weighted by molar-refractivity contribution is 5.73. The first-order chi connectivity index (χ1) is 10.2. The standard InChI is InChI=1S/C15H28N2O5/c1-14(2,3)22-13(20)17-10-15(11-17,9-12(18)19)16-7-5-6-8-21-4/h16H,5-11H2,1-4H3,(H,18,19). The summed E-state index contributed by atoms with van der Waals surface area (Å²) in [5.74, 6) is -0.867. The number of hydrogen-bond donors (Lipinski definition) is 2. The van der Waals surface area contributed by atoms with Gasteiger partial charge in [-0.1, -0.05) is 0 Å². The van der Waals surface area contributed by atoms with Crippen LogP contribution < -0.4 is 5.32 Å². The lowest BCUT2D eigenvalue weighted by atomic mass is 9.86. The van der Waals surface area contributed by atoms with Crippen molar-refractivity contribution in [1.82, 2.24) is 10.2 Å². The molecule has 1 aliphatic heterocycles. The molecule has 7 nitrogen and oxygen atoms in total. The Kier molecular flexibility index (Phi) is 6.62. The second-order valence-electron chi connectivity index (χ2n) is 6.81. The fourth-order valence-corrected chi connectivity index (χ4v) is 2.44. The Balaban J connectivity index is 2.45. The molecule has 0 aromatic heterocycles. The topological polar surface area (TPSA) is 88.1 Å². The molecule has 1 rings (SSSR count). The molecule has 1 fully saturated rings. The largest absolute Gasteiger partial charge is 0.481 e. The minimum atomic E-state index is -0.867. The summed E-state index contributed by atoms with van der Waals surface area (Å²) in [5, 5.41) is 12.4. The fraction of sp³-hybridized carbons (Fsp3) is 0.867. The van der Waals surface area contributed by atoms with E-state index >= 15 is 0 Å². The quantitative estimate of drug-likeness (QED) is 0.659. The van der Waals surface area contributed by atoms with Crippen LogP contribution >= 0.6 is 0 Å². The highest BCUT2D eigenvalue weighted by Crippen LogP contribution is 2.26. The van der Waals surface area contributed by atoms with Crippen LogP contribution in [0.2, 0.25) is 0 Å². The maximum Gasteiger partial charge on any atom is 0.410 e. The number of nitrogens with one attached hydrogen (secondary N) is 1. The summed E-state index contributed by atoms with van der Waals surface area (Å²) in [5.41, 5.74) is -1.09. The maximum atomic E-state index is 11.9. The minimum absolute atomic E-state index is 0.00340. The maximum absolute atomic E-state index is 11.9. The van der Waals surface area contributed by atoms with E-state index in [1.165, 1.54) is 4.90 Å². The predicted octanol–water partition coefficient (Wildman–Crippen LogP) is 1.47. The van der Waals surface area contributed by atoms with E-state index in [2.05, 4.69) is 5.32 Å². The monoisotopic (exact) mass is 316 g/mol. The molecule has 1 saturated heterocycles. The van der Waals surface area contributed by atoms with E-state index < -0.39 is 23.2 Å². The van der Waals surface area contributed by atoms with Gasteiger partial charge in [-0.05, 0) is 40.2 Å². The van der Waals surface area contributed by atoms with Crippen molar-refractivity contribution in [1.29, 1.82) is 0 Å². The molecule has 0 bridgehead atoms. The van der Waals surface area contributed by atoms with Crippen LogP contribution in [0.3, 0.4) is 0 Å². The number of ether oxygens (including phenoxy) is 2. The summed E-state index contributed by atoms with van der Waals surface area (Å²) in [6, 6.07) is 0. The zero-order valence-electron chi connectivity index (χ0n) is 14.0. The lowest BCUT2D eigenvalue weighted by Crippen LogP contribution is -2.71. The van der Waals surface area contributed by atoms with Crippen molar-refractivity contribution in [2.24, 2.45) is 0 Å². The lowest BCUT2D eigenvalue weighted by Gasteiger charge is -2.49. The SMILES string of the molecule is COCCCCNC1(CC(=O)O)CN(C(=O)OC(C)(C)C)C1. The predicted molar refractivity (Wildman–Crippen MR) is 81.9 cm³/mol. The Hall–Kier alpha value is -1.34. The van der Waals surface area contributed by atoms with Crippen LogP contribution in [0, 0.1) is 0 Å². The zero-order chi connectivity index (χ0) is 16.8. The highest BCUT2D eigenvalue weighted by atomic mass is 16.6. The smallest absolute Gasteiger partial charge is 0.410 e. The van der Waals surface area contributed by atoms with Gasteiger partial charge in [0.15, 0.2) is 0 Å². The molecule has 0 aliphatic carbocycles. The van der Waals surface area contributed by atoms with E-state index in [1.807, 2.05) is 20.8 Å². The molecule has 0 aromatic rings. The Labute approximate surface area is 131 Å². The number of unbranched alkanes of at least 4 members (excludes halogenated alkanes) is 1. The molecular formula is C15H28N2O5. The molecule has 128 valence electrons. The number of carbonyl (C=O) groups excluding carboxylic acids is 1. The molecule has 0 unspecified atom stereocenters. The zero-order valence-corrected chi connectivity index (χ0v) is 14.0. The first-order valence-electron chi connectivity index (χ1n) is 7.61. The molecule has 1 amide bonds. The van der Waals surface area contributed by atoms with Crippen molar-refractivity contribution in [3.63, 3.8) is 0 Å². The number of methoxy groups -OCH3 is 1. The van der Waals surface area contributed by atoms with Crippen LogP contribution in [0.4, 0.5) is 4.79 Å². The molecule has 0 aromatic carbocycles. The van der Waals surface area contributed by atoms with Crippen LogP contribution in [0.15, 0.2) is 0 Å². The Bertz CT molecular complexity index is 386. The van der Waals surface area contributed by atoms with Crippen LogP contribution in [-0.2, 0) is 14.3 Å². The van der Waals surface area contributed by atoms with Crippen LogP contribution in [0.1, 0.15) is 40.0 Å². The summed E-state index contributed by atoms with van der Waals surface area (Å²) >= 11 is 0. The Morgan fingerprint density at radius 3 is 2.41 bits per heavy atom. The van der Waals surface area contributed by atoms with Gasteiger partial charge in [-0.2, -0.15) is 0 Å². The van der Waals surface area contributed by atoms with Crippen molar-refractivity contribution >= 4 is 12.1 Å². The molecule has 2 N–H and O–H groups in total. The van der Waals surface area contributed by atoms with Crippen LogP contribution in [0.5, 0.6) is 0 Å². The first-order valence-corrected chi connectivity index (χ1v) is 7.61. The molecule has 1 aliphatic rings. The first kappa shape index (κ1) is 18.7. The van der Waals surface area contributed by atoms with E-state index in [4.69, 9.17) is 14.6 Å². The second kappa shape index (κ2) is 7.78. The van der Waals surface area contributed by atoms with Crippen LogP contribution in [0.25, 0.3) is 0 Å². The number of hydrogen-bond acceptors (Lipinski definition) is 5. The molecule has 0 atom stereocenters. The summed E-state index contributed by atoms with van der Waals surface area (Å²) in [4.78, 5) is 24.5. The number of aliphatic carboxylic acids is 1. The lowest BCUT2D eigenvalue weighted by molar-refractivity contribution is -0.141. The molecular weight excluding hydrogens is 288 g/mol. The number of amides is 1. The van der Waals surface area contributed by atoms with Crippen molar-refractivity contribution in [2.45, 2.75) is 51.2 Å². The van der Waals surface area contributed by atoms with Gasteiger partial charge in [0, 0.05) is 26.8 Å². The van der Waals surface area contributed by atoms with E-state index in [-0.39, 0.29) is 6.42 Å². The molecule has 0 spiro atoms. The van der Waals surface area contributed by atoms with E-state index in [0.29, 0.717) is 26.2 Å². The number of carbonyl (C=O) groups is 2. The van der Waals surface area contributed by atoms with Crippen molar-refractivity contribution in [3.8, 4) is 0 Å². The summed E-state index contributed by atoms with van der Waals surface area (Å²) in [6.45, 7) is 7.54. The van der Waals surface area contributed by atoms with Gasteiger partial charge in [-0.15, -0.1) is 0 Å². The van der Waals surface area contributed by atoms with E-state index in [0.717, 1.165) is 12.8 Å². The third-order valence-electron chi connectivity index (χ3n) is 3.40.